The Labute approximate surface area is 99.0 Å². The molecule has 3 heteroatoms. The summed E-state index contributed by atoms with van der Waals surface area (Å²) in [7, 11) is 0. The van der Waals surface area contributed by atoms with E-state index in [0.717, 1.165) is 25.3 Å². The molecule has 0 aromatic carbocycles. The average Bonchev–Trinajstić information content (AvgIpc) is 2.53. The molecule has 2 atom stereocenters. The highest BCUT2D eigenvalue weighted by Crippen LogP contribution is 2.19. The van der Waals surface area contributed by atoms with E-state index in [0.29, 0.717) is 6.04 Å². The summed E-state index contributed by atoms with van der Waals surface area (Å²) in [6.45, 7) is 3.43. The lowest BCUT2D eigenvalue weighted by Crippen LogP contribution is -2.43. The lowest BCUT2D eigenvalue weighted by atomic mass is 9.97. The molecule has 0 aromatic heterocycles. The van der Waals surface area contributed by atoms with E-state index in [1.807, 2.05) is 0 Å². The Hall–Kier alpha value is -0.120. The van der Waals surface area contributed by atoms with Gasteiger partial charge in [0.15, 0.2) is 0 Å². The zero-order chi connectivity index (χ0) is 11.2. The van der Waals surface area contributed by atoms with Gasteiger partial charge in [0.25, 0.3) is 0 Å². The van der Waals surface area contributed by atoms with Crippen LogP contribution in [0.25, 0.3) is 0 Å². The molecule has 1 aliphatic carbocycles. The van der Waals surface area contributed by atoms with Gasteiger partial charge in [0.05, 0.1) is 6.10 Å². The normalized spacial score (nSPS) is 33.6. The molecular weight excluding hydrogens is 200 g/mol. The van der Waals surface area contributed by atoms with Gasteiger partial charge < -0.3 is 15.7 Å². The van der Waals surface area contributed by atoms with Gasteiger partial charge in [-0.25, -0.2) is 0 Å². The van der Waals surface area contributed by atoms with E-state index in [1.54, 1.807) is 0 Å². The predicted molar refractivity (Wildman–Crippen MR) is 66.5 cm³/mol. The van der Waals surface area contributed by atoms with Gasteiger partial charge in [-0.05, 0) is 51.2 Å². The Morgan fingerprint density at radius 3 is 2.56 bits per heavy atom. The third kappa shape index (κ3) is 3.72. The number of hydrogen-bond acceptors (Lipinski definition) is 3. The number of hydrogen-bond donors (Lipinski definition) is 3. The van der Waals surface area contributed by atoms with Crippen molar-refractivity contribution in [2.75, 3.05) is 19.6 Å². The third-order valence-electron chi connectivity index (χ3n) is 4.11. The van der Waals surface area contributed by atoms with Crippen LogP contribution in [0.1, 0.15) is 44.9 Å². The van der Waals surface area contributed by atoms with E-state index in [4.69, 9.17) is 0 Å². The van der Waals surface area contributed by atoms with Crippen LogP contribution in [0.2, 0.25) is 0 Å². The topological polar surface area (TPSA) is 44.3 Å². The Morgan fingerprint density at radius 1 is 1.00 bits per heavy atom. The van der Waals surface area contributed by atoms with Crippen molar-refractivity contribution in [3.05, 3.63) is 0 Å². The number of rotatable bonds is 3. The molecule has 2 unspecified atom stereocenters. The van der Waals surface area contributed by atoms with Crippen molar-refractivity contribution < 1.29 is 5.11 Å². The summed E-state index contributed by atoms with van der Waals surface area (Å²) < 4.78 is 0. The van der Waals surface area contributed by atoms with Crippen LogP contribution >= 0.6 is 0 Å². The van der Waals surface area contributed by atoms with Crippen LogP contribution in [0.4, 0.5) is 0 Å². The third-order valence-corrected chi connectivity index (χ3v) is 4.11. The fraction of sp³-hybridized carbons (Fsp3) is 1.00. The SMILES string of the molecule is OC1CCCCCC1NCC1CCNCC1. The summed E-state index contributed by atoms with van der Waals surface area (Å²) in [5.41, 5.74) is 0. The highest BCUT2D eigenvalue weighted by molar-refractivity contribution is 4.81. The second-order valence-corrected chi connectivity index (χ2v) is 5.41. The Balaban J connectivity index is 1.70. The van der Waals surface area contributed by atoms with Crippen molar-refractivity contribution in [3.63, 3.8) is 0 Å². The molecule has 94 valence electrons. The first kappa shape index (κ1) is 12.3. The fourth-order valence-corrected chi connectivity index (χ4v) is 2.93. The molecule has 2 aliphatic rings. The van der Waals surface area contributed by atoms with Crippen LogP contribution in [0.15, 0.2) is 0 Å². The quantitative estimate of drug-likeness (QED) is 0.635. The number of aliphatic hydroxyl groups is 1. The summed E-state index contributed by atoms with van der Waals surface area (Å²) in [6.07, 6.45) is 8.39. The minimum Gasteiger partial charge on any atom is -0.392 e. The first-order valence-electron chi connectivity index (χ1n) is 6.98. The standard InChI is InChI=1S/C13H26N2O/c16-13-5-3-1-2-4-12(13)15-10-11-6-8-14-9-7-11/h11-16H,1-10H2. The molecule has 2 fully saturated rings. The maximum Gasteiger partial charge on any atom is 0.0693 e. The minimum absolute atomic E-state index is 0.107. The fourth-order valence-electron chi connectivity index (χ4n) is 2.93. The van der Waals surface area contributed by atoms with Crippen LogP contribution < -0.4 is 10.6 Å². The molecule has 3 N–H and O–H groups in total. The number of nitrogens with one attached hydrogen (secondary N) is 2. The maximum absolute atomic E-state index is 10.0. The van der Waals surface area contributed by atoms with E-state index in [9.17, 15) is 5.11 Å². The Bertz CT molecular complexity index is 192. The first-order chi connectivity index (χ1) is 7.86. The lowest BCUT2D eigenvalue weighted by Gasteiger charge is -2.27. The average molecular weight is 226 g/mol. The highest BCUT2D eigenvalue weighted by atomic mass is 16.3. The zero-order valence-electron chi connectivity index (χ0n) is 10.3. The second kappa shape index (κ2) is 6.58. The zero-order valence-corrected chi connectivity index (χ0v) is 10.3. The molecule has 0 aromatic rings. The molecule has 16 heavy (non-hydrogen) atoms. The molecule has 1 heterocycles. The molecule has 0 radical (unpaired) electrons. The van der Waals surface area contributed by atoms with Gasteiger partial charge in [-0.3, -0.25) is 0 Å². The van der Waals surface area contributed by atoms with E-state index in [-0.39, 0.29) is 6.10 Å². The monoisotopic (exact) mass is 226 g/mol. The Kier molecular flexibility index (Phi) is 5.07. The number of piperidine rings is 1. The van der Waals surface area contributed by atoms with E-state index < -0.39 is 0 Å². The smallest absolute Gasteiger partial charge is 0.0693 e. The van der Waals surface area contributed by atoms with Gasteiger partial charge in [0.2, 0.25) is 0 Å². The van der Waals surface area contributed by atoms with Crippen LogP contribution in [0.5, 0.6) is 0 Å². The van der Waals surface area contributed by atoms with Gasteiger partial charge in [-0.15, -0.1) is 0 Å². The maximum atomic E-state index is 10.0. The van der Waals surface area contributed by atoms with Crippen molar-refractivity contribution in [2.24, 2.45) is 5.92 Å². The highest BCUT2D eigenvalue weighted by Gasteiger charge is 2.22. The van der Waals surface area contributed by atoms with Gasteiger partial charge in [-0.1, -0.05) is 19.3 Å². The summed E-state index contributed by atoms with van der Waals surface area (Å²) in [6, 6.07) is 0.359. The molecule has 2 rings (SSSR count). The molecule has 0 bridgehead atoms. The lowest BCUT2D eigenvalue weighted by molar-refractivity contribution is 0.116. The van der Waals surface area contributed by atoms with Crippen molar-refractivity contribution in [3.8, 4) is 0 Å². The largest absolute Gasteiger partial charge is 0.392 e. The molecule has 3 nitrogen and oxygen atoms in total. The van der Waals surface area contributed by atoms with Crippen molar-refractivity contribution >= 4 is 0 Å². The van der Waals surface area contributed by atoms with E-state index in [2.05, 4.69) is 10.6 Å². The van der Waals surface area contributed by atoms with E-state index in [1.165, 1.54) is 45.2 Å². The minimum atomic E-state index is -0.107. The molecule has 0 spiro atoms. The molecule has 1 aliphatic heterocycles. The summed E-state index contributed by atoms with van der Waals surface area (Å²) in [5.74, 6) is 0.816. The van der Waals surface area contributed by atoms with Crippen molar-refractivity contribution in [1.29, 1.82) is 0 Å². The van der Waals surface area contributed by atoms with Crippen LogP contribution in [0, 0.1) is 5.92 Å². The van der Waals surface area contributed by atoms with Crippen molar-refractivity contribution in [2.45, 2.75) is 57.1 Å². The van der Waals surface area contributed by atoms with Crippen molar-refractivity contribution in [1.82, 2.24) is 10.6 Å². The van der Waals surface area contributed by atoms with Crippen LogP contribution in [-0.2, 0) is 0 Å². The first-order valence-corrected chi connectivity index (χ1v) is 6.98. The molecule has 1 saturated carbocycles. The summed E-state index contributed by atoms with van der Waals surface area (Å²) in [5, 5.41) is 17.0. The summed E-state index contributed by atoms with van der Waals surface area (Å²) >= 11 is 0. The summed E-state index contributed by atoms with van der Waals surface area (Å²) in [4.78, 5) is 0. The van der Waals surface area contributed by atoms with Gasteiger partial charge in [0, 0.05) is 6.04 Å². The predicted octanol–water partition coefficient (Wildman–Crippen LogP) is 1.27. The van der Waals surface area contributed by atoms with E-state index >= 15 is 0 Å². The van der Waals surface area contributed by atoms with Gasteiger partial charge >= 0.3 is 0 Å². The molecule has 1 saturated heterocycles. The van der Waals surface area contributed by atoms with Crippen LogP contribution in [0.3, 0.4) is 0 Å². The molecular formula is C13H26N2O. The Morgan fingerprint density at radius 2 is 1.75 bits per heavy atom. The molecule has 0 amide bonds. The van der Waals surface area contributed by atoms with Crippen LogP contribution in [-0.4, -0.2) is 36.9 Å². The second-order valence-electron chi connectivity index (χ2n) is 5.41. The van der Waals surface area contributed by atoms with Gasteiger partial charge in [-0.2, -0.15) is 0 Å². The number of aliphatic hydroxyl groups excluding tert-OH is 1. The van der Waals surface area contributed by atoms with Gasteiger partial charge in [0.1, 0.15) is 0 Å².